The van der Waals surface area contributed by atoms with E-state index in [2.05, 4.69) is 10.3 Å². The first-order valence-corrected chi connectivity index (χ1v) is 6.12. The molecule has 0 saturated heterocycles. The number of aliphatic hydroxyl groups excluding tert-OH is 1. The molecule has 0 bridgehead atoms. The maximum atomic E-state index is 9.34. The molecule has 0 radical (unpaired) electrons. The Kier molecular flexibility index (Phi) is 6.64. The van der Waals surface area contributed by atoms with Gasteiger partial charge in [-0.2, -0.15) is 0 Å². The minimum Gasteiger partial charge on any atom is -0.486 e. The number of hydrogen-bond donors (Lipinski definition) is 2. The van der Waals surface area contributed by atoms with Crippen LogP contribution in [0.4, 0.5) is 0 Å². The van der Waals surface area contributed by atoms with Crippen LogP contribution < -0.4 is 10.1 Å². The summed E-state index contributed by atoms with van der Waals surface area (Å²) in [5, 5.41) is 12.5. The summed E-state index contributed by atoms with van der Waals surface area (Å²) in [6.07, 6.45) is 0.935. The number of nitrogens with zero attached hydrogens (tertiary/aromatic N) is 1. The number of rotatable bonds is 8. The number of methoxy groups -OCH3 is 1. The molecule has 1 aromatic rings. The summed E-state index contributed by atoms with van der Waals surface area (Å²) in [7, 11) is 1.68. The van der Waals surface area contributed by atoms with Crippen molar-refractivity contribution in [2.45, 2.75) is 32.6 Å². The van der Waals surface area contributed by atoms with Crippen molar-refractivity contribution in [2.24, 2.45) is 0 Å². The molecular formula is C13H22N2O3. The minimum atomic E-state index is -0.500. The van der Waals surface area contributed by atoms with Gasteiger partial charge in [-0.15, -0.1) is 0 Å². The van der Waals surface area contributed by atoms with Crippen molar-refractivity contribution in [1.29, 1.82) is 0 Å². The molecule has 1 rings (SSSR count). The van der Waals surface area contributed by atoms with E-state index < -0.39 is 6.10 Å². The lowest BCUT2D eigenvalue weighted by Gasteiger charge is -2.16. The summed E-state index contributed by atoms with van der Waals surface area (Å²) in [5.41, 5.74) is 0.947. The van der Waals surface area contributed by atoms with Crippen LogP contribution in [0, 0.1) is 0 Å². The number of pyridine rings is 1. The summed E-state index contributed by atoms with van der Waals surface area (Å²) in [5.74, 6) is 0.670. The van der Waals surface area contributed by atoms with E-state index in [1.165, 1.54) is 0 Å². The molecular weight excluding hydrogens is 232 g/mol. The molecule has 2 atom stereocenters. The van der Waals surface area contributed by atoms with E-state index in [4.69, 9.17) is 9.47 Å². The first kappa shape index (κ1) is 14.9. The van der Waals surface area contributed by atoms with Gasteiger partial charge in [0.2, 0.25) is 0 Å². The Morgan fingerprint density at radius 3 is 2.72 bits per heavy atom. The fourth-order valence-electron chi connectivity index (χ4n) is 1.29. The van der Waals surface area contributed by atoms with Crippen molar-refractivity contribution >= 4 is 0 Å². The number of nitrogens with one attached hydrogen (secondary N) is 1. The lowest BCUT2D eigenvalue weighted by Crippen LogP contribution is -2.25. The van der Waals surface area contributed by atoms with Gasteiger partial charge < -0.3 is 19.9 Å². The molecule has 102 valence electrons. The van der Waals surface area contributed by atoms with Gasteiger partial charge in [-0.25, -0.2) is 0 Å². The zero-order valence-electron chi connectivity index (χ0n) is 11.2. The van der Waals surface area contributed by atoms with E-state index in [0.717, 1.165) is 12.2 Å². The lowest BCUT2D eigenvalue weighted by molar-refractivity contribution is 0.0602. The second-order valence-electron chi connectivity index (χ2n) is 4.22. The lowest BCUT2D eigenvalue weighted by atomic mass is 10.2. The van der Waals surface area contributed by atoms with Crippen molar-refractivity contribution in [2.75, 3.05) is 20.3 Å². The topological polar surface area (TPSA) is 63.6 Å². The maximum Gasteiger partial charge on any atom is 0.138 e. The highest BCUT2D eigenvalue weighted by atomic mass is 16.5. The molecule has 5 nitrogen and oxygen atoms in total. The van der Waals surface area contributed by atoms with Crippen LogP contribution in [0.3, 0.4) is 0 Å². The first-order chi connectivity index (χ1) is 8.63. The highest BCUT2D eigenvalue weighted by molar-refractivity contribution is 5.20. The predicted octanol–water partition coefficient (Wildman–Crippen LogP) is 0.966. The van der Waals surface area contributed by atoms with Crippen molar-refractivity contribution in [3.05, 3.63) is 24.0 Å². The second kappa shape index (κ2) is 8.02. The molecule has 2 N–H and O–H groups in total. The summed E-state index contributed by atoms with van der Waals surface area (Å²) in [4.78, 5) is 4.28. The first-order valence-electron chi connectivity index (χ1n) is 6.12. The Hall–Kier alpha value is -1.17. The second-order valence-corrected chi connectivity index (χ2v) is 4.22. The Bertz CT molecular complexity index is 328. The number of hydrogen-bond acceptors (Lipinski definition) is 5. The zero-order valence-corrected chi connectivity index (χ0v) is 11.2. The minimum absolute atomic E-state index is 0.238. The molecule has 1 heterocycles. The van der Waals surface area contributed by atoms with E-state index in [1.807, 2.05) is 19.1 Å². The van der Waals surface area contributed by atoms with Crippen molar-refractivity contribution < 1.29 is 14.6 Å². The molecule has 0 aliphatic heterocycles. The molecule has 0 aromatic carbocycles. The van der Waals surface area contributed by atoms with Gasteiger partial charge in [-0.3, -0.25) is 4.98 Å². The quantitative estimate of drug-likeness (QED) is 0.677. The number of aromatic nitrogens is 1. The van der Waals surface area contributed by atoms with Crippen LogP contribution in [0.15, 0.2) is 18.3 Å². The predicted molar refractivity (Wildman–Crippen MR) is 69.6 cm³/mol. The molecule has 0 aliphatic rings. The molecule has 0 amide bonds. The third-order valence-electron chi connectivity index (χ3n) is 2.59. The Morgan fingerprint density at radius 2 is 2.17 bits per heavy atom. The number of aliphatic hydroxyl groups is 1. The maximum absolute atomic E-state index is 9.34. The van der Waals surface area contributed by atoms with E-state index >= 15 is 0 Å². The van der Waals surface area contributed by atoms with Gasteiger partial charge in [-0.05, 0) is 26.0 Å². The zero-order chi connectivity index (χ0) is 13.4. The van der Waals surface area contributed by atoms with Gasteiger partial charge in [0.25, 0.3) is 0 Å². The third kappa shape index (κ3) is 5.44. The standard InChI is InChI=1S/C13H22N2O3/c1-10(16)11(2)18-13-5-4-12(15-9-13)8-14-6-7-17-3/h4-5,9-11,14,16H,6-8H2,1-3H3. The summed E-state index contributed by atoms with van der Waals surface area (Å²) in [6.45, 7) is 5.72. The van der Waals surface area contributed by atoms with Gasteiger partial charge in [0.05, 0.1) is 24.6 Å². The largest absolute Gasteiger partial charge is 0.486 e. The fraction of sp³-hybridized carbons (Fsp3) is 0.615. The van der Waals surface area contributed by atoms with Crippen LogP contribution >= 0.6 is 0 Å². The molecule has 2 unspecified atom stereocenters. The van der Waals surface area contributed by atoms with Crippen molar-refractivity contribution in [3.8, 4) is 5.75 Å². The molecule has 1 aromatic heterocycles. The van der Waals surface area contributed by atoms with Crippen LogP contribution in [0.5, 0.6) is 5.75 Å². The molecule has 18 heavy (non-hydrogen) atoms. The average Bonchev–Trinajstić information content (AvgIpc) is 2.36. The van der Waals surface area contributed by atoms with E-state index in [-0.39, 0.29) is 6.10 Å². The smallest absolute Gasteiger partial charge is 0.138 e. The van der Waals surface area contributed by atoms with Crippen LogP contribution in [0.25, 0.3) is 0 Å². The van der Waals surface area contributed by atoms with E-state index in [0.29, 0.717) is 18.9 Å². The highest BCUT2D eigenvalue weighted by Gasteiger charge is 2.10. The van der Waals surface area contributed by atoms with Gasteiger partial charge >= 0.3 is 0 Å². The molecule has 0 saturated carbocycles. The van der Waals surface area contributed by atoms with Gasteiger partial charge in [0.1, 0.15) is 11.9 Å². The highest BCUT2D eigenvalue weighted by Crippen LogP contribution is 2.12. The van der Waals surface area contributed by atoms with Crippen LogP contribution in [0.1, 0.15) is 19.5 Å². The molecule has 5 heteroatoms. The van der Waals surface area contributed by atoms with Crippen LogP contribution in [-0.4, -0.2) is 42.6 Å². The van der Waals surface area contributed by atoms with E-state index in [9.17, 15) is 5.11 Å². The molecule has 0 fully saturated rings. The molecule has 0 aliphatic carbocycles. The van der Waals surface area contributed by atoms with Gasteiger partial charge in [-0.1, -0.05) is 0 Å². The van der Waals surface area contributed by atoms with Crippen LogP contribution in [0.2, 0.25) is 0 Å². The van der Waals surface area contributed by atoms with Gasteiger partial charge in [0.15, 0.2) is 0 Å². The summed E-state index contributed by atoms with van der Waals surface area (Å²) < 4.78 is 10.5. The normalized spacial score (nSPS) is 14.2. The summed E-state index contributed by atoms with van der Waals surface area (Å²) in [6, 6.07) is 3.77. The van der Waals surface area contributed by atoms with Crippen molar-refractivity contribution in [1.82, 2.24) is 10.3 Å². The Labute approximate surface area is 108 Å². The monoisotopic (exact) mass is 254 g/mol. The molecule has 0 spiro atoms. The van der Waals surface area contributed by atoms with E-state index in [1.54, 1.807) is 20.2 Å². The average molecular weight is 254 g/mol. The SMILES string of the molecule is COCCNCc1ccc(OC(C)C(C)O)cn1. The fourth-order valence-corrected chi connectivity index (χ4v) is 1.29. The van der Waals surface area contributed by atoms with Crippen molar-refractivity contribution in [3.63, 3.8) is 0 Å². The Morgan fingerprint density at radius 1 is 1.39 bits per heavy atom. The van der Waals surface area contributed by atoms with Gasteiger partial charge in [0, 0.05) is 20.2 Å². The Balaban J connectivity index is 2.37. The van der Waals surface area contributed by atoms with Crippen LogP contribution in [-0.2, 0) is 11.3 Å². The summed E-state index contributed by atoms with van der Waals surface area (Å²) >= 11 is 0. The number of ether oxygens (including phenoxy) is 2. The third-order valence-corrected chi connectivity index (χ3v) is 2.59.